The molecule has 1 fully saturated rings. The number of halogens is 1. The normalized spacial score (nSPS) is 24.6. The van der Waals surface area contributed by atoms with Crippen LogP contribution < -0.4 is 5.73 Å². The molecule has 0 radical (unpaired) electrons. The molecule has 0 atom stereocenters. The van der Waals surface area contributed by atoms with Crippen LogP contribution in [0, 0.1) is 5.92 Å². The van der Waals surface area contributed by atoms with E-state index in [1.165, 1.54) is 25.7 Å². The molecule has 0 unspecified atom stereocenters. The van der Waals surface area contributed by atoms with Gasteiger partial charge in [0.05, 0.1) is 11.0 Å². The second kappa shape index (κ2) is 4.57. The van der Waals surface area contributed by atoms with Gasteiger partial charge in [-0.05, 0) is 49.8 Å². The number of nitrogen functional groups attached to an aromatic ring is 1. The van der Waals surface area contributed by atoms with E-state index < -0.39 is 0 Å². The summed E-state index contributed by atoms with van der Waals surface area (Å²) in [6.07, 6.45) is 5.01. The molecule has 1 aliphatic rings. The topological polar surface area (TPSA) is 43.8 Å². The van der Waals surface area contributed by atoms with E-state index in [0.29, 0.717) is 12.0 Å². The van der Waals surface area contributed by atoms with Crippen LogP contribution in [-0.2, 0) is 0 Å². The Labute approximate surface area is 116 Å². The predicted molar refractivity (Wildman–Crippen MR) is 78.5 cm³/mol. The molecule has 2 aromatic rings. The number of aromatic nitrogens is 2. The Bertz CT molecular complexity index is 568. The van der Waals surface area contributed by atoms with E-state index in [2.05, 4.69) is 44.5 Å². The molecule has 0 spiro atoms. The average Bonchev–Trinajstić information content (AvgIpc) is 2.65. The predicted octanol–water partition coefficient (Wildman–Crippen LogP) is 4.13. The third-order valence-corrected chi connectivity index (χ3v) is 4.52. The molecule has 0 aliphatic heterocycles. The Morgan fingerprint density at radius 1 is 1.28 bits per heavy atom. The smallest absolute Gasteiger partial charge is 0.201 e. The summed E-state index contributed by atoms with van der Waals surface area (Å²) in [4.78, 5) is 4.48. The minimum absolute atomic E-state index is 0.521. The Balaban J connectivity index is 2.03. The number of nitrogens with two attached hydrogens (primary N) is 1. The van der Waals surface area contributed by atoms with Crippen LogP contribution in [0.3, 0.4) is 0 Å². The highest BCUT2D eigenvalue weighted by molar-refractivity contribution is 9.10. The number of benzene rings is 1. The van der Waals surface area contributed by atoms with E-state index in [1.807, 2.05) is 6.07 Å². The number of hydrogen-bond donors (Lipinski definition) is 1. The minimum atomic E-state index is 0.521. The van der Waals surface area contributed by atoms with Crippen molar-refractivity contribution in [3.8, 4) is 0 Å². The summed E-state index contributed by atoms with van der Waals surface area (Å²) in [5.74, 6) is 1.51. The molecule has 0 bridgehead atoms. The Hall–Kier alpha value is -1.03. The molecule has 0 saturated heterocycles. The first-order valence-electron chi connectivity index (χ1n) is 6.58. The molecule has 2 N–H and O–H groups in total. The molecular weight excluding hydrogens is 290 g/mol. The van der Waals surface area contributed by atoms with Gasteiger partial charge >= 0.3 is 0 Å². The Morgan fingerprint density at radius 3 is 2.72 bits per heavy atom. The van der Waals surface area contributed by atoms with Gasteiger partial charge < -0.3 is 10.3 Å². The van der Waals surface area contributed by atoms with Gasteiger partial charge in [-0.2, -0.15) is 0 Å². The Morgan fingerprint density at radius 2 is 2.00 bits per heavy atom. The van der Waals surface area contributed by atoms with Gasteiger partial charge in [-0.3, -0.25) is 0 Å². The van der Waals surface area contributed by atoms with Crippen molar-refractivity contribution in [2.45, 2.75) is 38.6 Å². The van der Waals surface area contributed by atoms with E-state index >= 15 is 0 Å². The molecule has 18 heavy (non-hydrogen) atoms. The highest BCUT2D eigenvalue weighted by atomic mass is 79.9. The van der Waals surface area contributed by atoms with Gasteiger partial charge in [0.2, 0.25) is 5.95 Å². The molecule has 0 amide bonds. The molecule has 1 heterocycles. The van der Waals surface area contributed by atoms with Crippen molar-refractivity contribution in [2.75, 3.05) is 5.73 Å². The average molecular weight is 308 g/mol. The first-order valence-corrected chi connectivity index (χ1v) is 7.37. The number of fused-ring (bicyclic) bond motifs is 1. The van der Waals surface area contributed by atoms with Crippen molar-refractivity contribution >= 4 is 32.9 Å². The van der Waals surface area contributed by atoms with E-state index in [1.54, 1.807) is 0 Å². The summed E-state index contributed by atoms with van der Waals surface area (Å²) in [5.41, 5.74) is 8.25. The number of hydrogen-bond acceptors (Lipinski definition) is 2. The number of rotatable bonds is 1. The summed E-state index contributed by atoms with van der Waals surface area (Å²) in [5, 5.41) is 0. The molecule has 3 rings (SSSR count). The van der Waals surface area contributed by atoms with E-state index in [-0.39, 0.29) is 0 Å². The fourth-order valence-electron chi connectivity index (χ4n) is 2.97. The zero-order valence-electron chi connectivity index (χ0n) is 10.6. The maximum Gasteiger partial charge on any atom is 0.201 e. The van der Waals surface area contributed by atoms with Crippen LogP contribution in [0.4, 0.5) is 5.95 Å². The van der Waals surface area contributed by atoms with Crippen LogP contribution in [-0.4, -0.2) is 9.55 Å². The zero-order chi connectivity index (χ0) is 12.7. The van der Waals surface area contributed by atoms with Crippen LogP contribution >= 0.6 is 15.9 Å². The van der Waals surface area contributed by atoms with Crippen molar-refractivity contribution in [3.63, 3.8) is 0 Å². The number of anilines is 1. The lowest BCUT2D eigenvalue weighted by Gasteiger charge is -2.28. The summed E-state index contributed by atoms with van der Waals surface area (Å²) in [6.45, 7) is 2.34. The second-order valence-corrected chi connectivity index (χ2v) is 6.30. The van der Waals surface area contributed by atoms with Gasteiger partial charge in [-0.15, -0.1) is 0 Å². The lowest BCUT2D eigenvalue weighted by Crippen LogP contribution is -2.18. The van der Waals surface area contributed by atoms with E-state index in [9.17, 15) is 0 Å². The van der Waals surface area contributed by atoms with Crippen LogP contribution in [0.25, 0.3) is 11.0 Å². The summed E-state index contributed by atoms with van der Waals surface area (Å²) < 4.78 is 3.28. The minimum Gasteiger partial charge on any atom is -0.369 e. The Kier molecular flexibility index (Phi) is 3.06. The fraction of sp³-hybridized carbons (Fsp3) is 0.500. The maximum atomic E-state index is 6.11. The molecule has 1 saturated carbocycles. The quantitative estimate of drug-likeness (QED) is 0.860. The van der Waals surface area contributed by atoms with Crippen molar-refractivity contribution in [3.05, 3.63) is 22.7 Å². The number of nitrogens with zero attached hydrogens (tertiary/aromatic N) is 2. The van der Waals surface area contributed by atoms with Crippen LogP contribution in [0.15, 0.2) is 22.7 Å². The van der Waals surface area contributed by atoms with E-state index in [0.717, 1.165) is 21.4 Å². The zero-order valence-corrected chi connectivity index (χ0v) is 12.2. The van der Waals surface area contributed by atoms with Crippen molar-refractivity contribution in [1.29, 1.82) is 0 Å². The van der Waals surface area contributed by atoms with Gasteiger partial charge in [0, 0.05) is 10.5 Å². The van der Waals surface area contributed by atoms with Gasteiger partial charge in [0.15, 0.2) is 0 Å². The van der Waals surface area contributed by atoms with Crippen molar-refractivity contribution < 1.29 is 0 Å². The summed E-state index contributed by atoms with van der Waals surface area (Å²) in [6, 6.07) is 6.73. The highest BCUT2D eigenvalue weighted by Gasteiger charge is 2.23. The molecule has 3 nitrogen and oxygen atoms in total. The SMILES string of the molecule is CC1CCC(n2c(N)nc3cc(Br)ccc32)CC1. The van der Waals surface area contributed by atoms with Crippen LogP contribution in [0.2, 0.25) is 0 Å². The fourth-order valence-corrected chi connectivity index (χ4v) is 3.32. The van der Waals surface area contributed by atoms with Gasteiger partial charge in [-0.25, -0.2) is 4.98 Å². The first-order chi connectivity index (χ1) is 8.65. The maximum absolute atomic E-state index is 6.11. The molecule has 1 aromatic carbocycles. The van der Waals surface area contributed by atoms with Gasteiger partial charge in [0.1, 0.15) is 0 Å². The molecular formula is C14H18BrN3. The van der Waals surface area contributed by atoms with Crippen molar-refractivity contribution in [2.24, 2.45) is 5.92 Å². The second-order valence-electron chi connectivity index (χ2n) is 5.39. The van der Waals surface area contributed by atoms with Gasteiger partial charge in [0.25, 0.3) is 0 Å². The largest absolute Gasteiger partial charge is 0.369 e. The lowest BCUT2D eigenvalue weighted by atomic mass is 9.87. The molecule has 1 aliphatic carbocycles. The highest BCUT2D eigenvalue weighted by Crippen LogP contribution is 2.36. The third-order valence-electron chi connectivity index (χ3n) is 4.03. The summed E-state index contributed by atoms with van der Waals surface area (Å²) in [7, 11) is 0. The molecule has 4 heteroatoms. The lowest BCUT2D eigenvalue weighted by molar-refractivity contribution is 0.296. The van der Waals surface area contributed by atoms with Crippen LogP contribution in [0.1, 0.15) is 38.6 Å². The standard InChI is InChI=1S/C14H18BrN3/c1-9-2-5-11(6-3-9)18-13-7-4-10(15)8-12(13)17-14(18)16/h4,7-9,11H,2-3,5-6H2,1H3,(H2,16,17). The van der Waals surface area contributed by atoms with Crippen molar-refractivity contribution in [1.82, 2.24) is 9.55 Å². The number of imidazole rings is 1. The van der Waals surface area contributed by atoms with Crippen LogP contribution in [0.5, 0.6) is 0 Å². The summed E-state index contributed by atoms with van der Waals surface area (Å²) >= 11 is 3.48. The third kappa shape index (κ3) is 2.03. The molecule has 1 aromatic heterocycles. The van der Waals surface area contributed by atoms with Gasteiger partial charge in [-0.1, -0.05) is 22.9 Å². The van der Waals surface area contributed by atoms with E-state index in [4.69, 9.17) is 5.73 Å². The first kappa shape index (κ1) is 12.0. The monoisotopic (exact) mass is 307 g/mol. The molecule has 96 valence electrons.